The van der Waals surface area contributed by atoms with Gasteiger partial charge in [-0.2, -0.15) is 0 Å². The molecule has 0 aliphatic heterocycles. The van der Waals surface area contributed by atoms with Crippen LogP contribution >= 0.6 is 24.1 Å². The molecule has 2 aromatic rings. The molecular formula is C20H28N2O2S2. The Bertz CT molecular complexity index is 683. The Morgan fingerprint density at radius 1 is 0.885 bits per heavy atom. The number of hydrogen-bond donors (Lipinski definition) is 4. The first-order chi connectivity index (χ1) is 12.7. The summed E-state index contributed by atoms with van der Waals surface area (Å²) in [6, 6.07) is 13.9. The second-order valence-corrected chi connectivity index (χ2v) is 7.53. The second kappa shape index (κ2) is 11.4. The Kier molecular flexibility index (Phi) is 9.18. The van der Waals surface area contributed by atoms with Gasteiger partial charge in [0.15, 0.2) is 0 Å². The molecule has 0 bridgehead atoms. The van der Waals surface area contributed by atoms with E-state index in [-0.39, 0.29) is 0 Å². The van der Waals surface area contributed by atoms with Gasteiger partial charge in [0.1, 0.15) is 0 Å². The second-order valence-electron chi connectivity index (χ2n) is 6.29. The van der Waals surface area contributed by atoms with Gasteiger partial charge in [-0.1, -0.05) is 45.2 Å². The number of para-hydroxylation sites is 1. The Morgan fingerprint density at radius 2 is 1.65 bits per heavy atom. The quantitative estimate of drug-likeness (QED) is 0.300. The van der Waals surface area contributed by atoms with Crippen molar-refractivity contribution in [1.82, 2.24) is 0 Å². The van der Waals surface area contributed by atoms with Crippen molar-refractivity contribution >= 4 is 41.1 Å². The minimum absolute atomic E-state index is 0.427. The summed E-state index contributed by atoms with van der Waals surface area (Å²) < 4.78 is 19.1. The molecular weight excluding hydrogens is 364 g/mol. The SMILES string of the molecule is CCCCC(CCC)Nc1ccc(Nc2ccccc2SO)cc1SO. The molecule has 1 unspecified atom stereocenters. The largest absolute Gasteiger partial charge is 0.381 e. The van der Waals surface area contributed by atoms with E-state index in [4.69, 9.17) is 0 Å². The molecule has 0 aromatic heterocycles. The van der Waals surface area contributed by atoms with E-state index in [0.717, 1.165) is 70.2 Å². The van der Waals surface area contributed by atoms with Crippen LogP contribution in [0.5, 0.6) is 0 Å². The molecule has 2 aromatic carbocycles. The Labute approximate surface area is 165 Å². The monoisotopic (exact) mass is 392 g/mol. The molecule has 1 atom stereocenters. The van der Waals surface area contributed by atoms with Crippen molar-refractivity contribution in [3.8, 4) is 0 Å². The van der Waals surface area contributed by atoms with Gasteiger partial charge in [-0.05, 0) is 43.2 Å². The molecule has 4 nitrogen and oxygen atoms in total. The van der Waals surface area contributed by atoms with Gasteiger partial charge in [0.2, 0.25) is 0 Å². The molecule has 0 aliphatic rings. The molecule has 6 heteroatoms. The van der Waals surface area contributed by atoms with Crippen LogP contribution in [0.1, 0.15) is 46.0 Å². The predicted octanol–water partition coefficient (Wildman–Crippen LogP) is 7.33. The summed E-state index contributed by atoms with van der Waals surface area (Å²) in [5.74, 6) is 0. The van der Waals surface area contributed by atoms with Crippen LogP contribution in [0.3, 0.4) is 0 Å². The van der Waals surface area contributed by atoms with Crippen molar-refractivity contribution in [2.24, 2.45) is 0 Å². The highest BCUT2D eigenvalue weighted by Gasteiger charge is 2.12. The number of nitrogens with one attached hydrogen (secondary N) is 2. The van der Waals surface area contributed by atoms with Gasteiger partial charge in [0.25, 0.3) is 0 Å². The minimum Gasteiger partial charge on any atom is -0.381 e. The van der Waals surface area contributed by atoms with Gasteiger partial charge in [0.05, 0.1) is 21.2 Å². The zero-order chi connectivity index (χ0) is 18.8. The first-order valence-electron chi connectivity index (χ1n) is 9.11. The van der Waals surface area contributed by atoms with Crippen molar-refractivity contribution in [3.05, 3.63) is 42.5 Å². The third kappa shape index (κ3) is 6.13. The normalized spacial score (nSPS) is 12.0. The molecule has 0 spiro atoms. The van der Waals surface area contributed by atoms with Crippen molar-refractivity contribution in [3.63, 3.8) is 0 Å². The predicted molar refractivity (Wildman–Crippen MR) is 115 cm³/mol. The first kappa shape index (κ1) is 21.0. The molecule has 2 rings (SSSR count). The van der Waals surface area contributed by atoms with Crippen LogP contribution < -0.4 is 10.6 Å². The molecule has 0 amide bonds. The van der Waals surface area contributed by atoms with E-state index in [1.54, 1.807) is 0 Å². The third-order valence-corrected chi connectivity index (χ3v) is 5.33. The van der Waals surface area contributed by atoms with Crippen LogP contribution in [-0.4, -0.2) is 15.1 Å². The topological polar surface area (TPSA) is 64.5 Å². The third-order valence-electron chi connectivity index (χ3n) is 4.25. The van der Waals surface area contributed by atoms with E-state index >= 15 is 0 Å². The van der Waals surface area contributed by atoms with E-state index in [1.165, 1.54) is 12.8 Å². The molecule has 0 saturated carbocycles. The van der Waals surface area contributed by atoms with E-state index < -0.39 is 0 Å². The van der Waals surface area contributed by atoms with Crippen LogP contribution in [0.2, 0.25) is 0 Å². The summed E-state index contributed by atoms with van der Waals surface area (Å²) in [5.41, 5.74) is 2.66. The Balaban J connectivity index is 2.15. The standard InChI is InChI=1S/C20H28N2O2S2/c1-3-5-9-15(8-4-2)21-18-13-12-16(14-20(18)26-24)22-17-10-6-7-11-19(17)25-23/h6-7,10-15,21-24H,3-5,8-9H2,1-2H3. The summed E-state index contributed by atoms with van der Waals surface area (Å²) in [6.45, 7) is 4.41. The lowest BCUT2D eigenvalue weighted by molar-refractivity contribution is 0.563. The summed E-state index contributed by atoms with van der Waals surface area (Å²) in [6.07, 6.45) is 5.79. The smallest absolute Gasteiger partial charge is 0.0603 e. The van der Waals surface area contributed by atoms with Crippen LogP contribution in [0.25, 0.3) is 0 Å². The highest BCUT2D eigenvalue weighted by atomic mass is 32.2. The summed E-state index contributed by atoms with van der Waals surface area (Å²) in [7, 11) is 0. The van der Waals surface area contributed by atoms with Crippen molar-refractivity contribution in [1.29, 1.82) is 0 Å². The van der Waals surface area contributed by atoms with Gasteiger partial charge in [-0.15, -0.1) is 0 Å². The van der Waals surface area contributed by atoms with Gasteiger partial charge >= 0.3 is 0 Å². The van der Waals surface area contributed by atoms with Crippen molar-refractivity contribution in [2.45, 2.75) is 61.8 Å². The lowest BCUT2D eigenvalue weighted by atomic mass is 10.0. The lowest BCUT2D eigenvalue weighted by Gasteiger charge is -2.21. The lowest BCUT2D eigenvalue weighted by Crippen LogP contribution is -2.19. The fourth-order valence-corrected chi connectivity index (χ4v) is 3.67. The highest BCUT2D eigenvalue weighted by molar-refractivity contribution is 7.94. The van der Waals surface area contributed by atoms with Gasteiger partial charge < -0.3 is 19.7 Å². The molecule has 0 radical (unpaired) electrons. The van der Waals surface area contributed by atoms with Crippen LogP contribution in [0.15, 0.2) is 52.3 Å². The molecule has 0 saturated heterocycles. The molecule has 4 N–H and O–H groups in total. The summed E-state index contributed by atoms with van der Waals surface area (Å²) in [5, 5.41) is 6.90. The van der Waals surface area contributed by atoms with Crippen molar-refractivity contribution < 1.29 is 9.11 Å². The number of rotatable bonds is 11. The Morgan fingerprint density at radius 3 is 2.35 bits per heavy atom. The maximum atomic E-state index is 9.73. The molecule has 26 heavy (non-hydrogen) atoms. The minimum atomic E-state index is 0.427. The maximum Gasteiger partial charge on any atom is 0.0603 e. The van der Waals surface area contributed by atoms with Crippen LogP contribution in [0.4, 0.5) is 17.1 Å². The van der Waals surface area contributed by atoms with E-state index in [9.17, 15) is 9.11 Å². The van der Waals surface area contributed by atoms with E-state index in [0.29, 0.717) is 6.04 Å². The molecule has 0 fully saturated rings. The van der Waals surface area contributed by atoms with Crippen LogP contribution in [0, 0.1) is 0 Å². The number of benzene rings is 2. The highest BCUT2D eigenvalue weighted by Crippen LogP contribution is 2.33. The van der Waals surface area contributed by atoms with Crippen LogP contribution in [-0.2, 0) is 0 Å². The zero-order valence-electron chi connectivity index (χ0n) is 15.4. The maximum absolute atomic E-state index is 9.73. The average Bonchev–Trinajstić information content (AvgIpc) is 2.67. The molecule has 0 heterocycles. The number of unbranched alkanes of at least 4 members (excludes halogenated alkanes) is 1. The first-order valence-corrected chi connectivity index (χ1v) is 10.7. The molecule has 0 aliphatic carbocycles. The molecule has 142 valence electrons. The summed E-state index contributed by atoms with van der Waals surface area (Å²) >= 11 is 1.48. The van der Waals surface area contributed by atoms with E-state index in [1.807, 2.05) is 42.5 Å². The van der Waals surface area contributed by atoms with Gasteiger partial charge in [-0.3, -0.25) is 0 Å². The number of anilines is 3. The van der Waals surface area contributed by atoms with Gasteiger partial charge in [-0.25, -0.2) is 0 Å². The average molecular weight is 393 g/mol. The van der Waals surface area contributed by atoms with Gasteiger partial charge in [0, 0.05) is 35.8 Å². The Hall–Kier alpha value is -1.34. The van der Waals surface area contributed by atoms with Crippen molar-refractivity contribution in [2.75, 3.05) is 10.6 Å². The number of hydrogen-bond acceptors (Lipinski definition) is 6. The van der Waals surface area contributed by atoms with E-state index in [2.05, 4.69) is 24.5 Å². The zero-order valence-corrected chi connectivity index (χ0v) is 17.0. The summed E-state index contributed by atoms with van der Waals surface area (Å²) in [4.78, 5) is 1.55. The fraction of sp³-hybridized carbons (Fsp3) is 0.400. The fourth-order valence-electron chi connectivity index (χ4n) is 2.91.